The van der Waals surface area contributed by atoms with Crippen LogP contribution in [0.15, 0.2) is 29.4 Å². The normalized spacial score (nSPS) is 26.7. The number of halogens is 3. The van der Waals surface area contributed by atoms with Crippen molar-refractivity contribution in [3.63, 3.8) is 0 Å². The fourth-order valence-electron chi connectivity index (χ4n) is 4.35. The van der Waals surface area contributed by atoms with Crippen molar-refractivity contribution in [2.45, 2.75) is 42.7 Å². The van der Waals surface area contributed by atoms with Crippen LogP contribution in [0.5, 0.6) is 0 Å². The van der Waals surface area contributed by atoms with Crippen molar-refractivity contribution < 1.29 is 17.8 Å². The largest absolute Gasteiger partial charge is 0.386 e. The van der Waals surface area contributed by atoms with Crippen LogP contribution in [0.25, 0.3) is 0 Å². The molecule has 2 aromatic heterocycles. The maximum atomic E-state index is 15.0. The SMILES string of the molecule is CC1(C)C(N)=N[C@](C)(c2nc(NC(=O)c3ncc(F)cc3Cl)ccc2F)[C@H]2CCN[SH]21=O. The van der Waals surface area contributed by atoms with Gasteiger partial charge in [0.25, 0.3) is 5.91 Å². The van der Waals surface area contributed by atoms with E-state index in [4.69, 9.17) is 17.3 Å². The van der Waals surface area contributed by atoms with Gasteiger partial charge in [0.05, 0.1) is 21.2 Å². The van der Waals surface area contributed by atoms with Gasteiger partial charge in [-0.05, 0) is 55.5 Å². The number of amidine groups is 1. The Bertz CT molecular complexity index is 1210. The van der Waals surface area contributed by atoms with Crippen molar-refractivity contribution in [3.8, 4) is 0 Å². The van der Waals surface area contributed by atoms with Crippen LogP contribution in [0, 0.1) is 11.6 Å². The molecular weight excluding hydrogens is 462 g/mol. The van der Waals surface area contributed by atoms with Gasteiger partial charge in [-0.3, -0.25) is 18.7 Å². The maximum Gasteiger partial charge on any atom is 0.276 e. The van der Waals surface area contributed by atoms with Gasteiger partial charge >= 0.3 is 0 Å². The number of aromatic nitrogens is 2. The predicted octanol–water partition coefficient (Wildman–Crippen LogP) is 2.32. The molecule has 0 bridgehead atoms. The van der Waals surface area contributed by atoms with Gasteiger partial charge in [-0.1, -0.05) is 11.6 Å². The number of hydrogen-bond acceptors (Lipinski definition) is 6. The summed E-state index contributed by atoms with van der Waals surface area (Å²) in [4.78, 5) is 25.1. The van der Waals surface area contributed by atoms with E-state index in [1.807, 2.05) is 0 Å². The second-order valence-electron chi connectivity index (χ2n) is 8.54. The minimum atomic E-state index is -3.10. The highest BCUT2D eigenvalue weighted by atomic mass is 35.5. The van der Waals surface area contributed by atoms with Gasteiger partial charge < -0.3 is 11.1 Å². The van der Waals surface area contributed by atoms with Crippen LogP contribution in [0.4, 0.5) is 14.6 Å². The molecule has 0 saturated carbocycles. The third-order valence-electron chi connectivity index (χ3n) is 6.25. The number of fused-ring (bicyclic) bond motifs is 1. The van der Waals surface area contributed by atoms with E-state index >= 15 is 0 Å². The Morgan fingerprint density at radius 3 is 2.75 bits per heavy atom. The highest BCUT2D eigenvalue weighted by Gasteiger charge is 2.59. The predicted molar refractivity (Wildman–Crippen MR) is 120 cm³/mol. The van der Waals surface area contributed by atoms with Crippen molar-refractivity contribution in [2.24, 2.45) is 10.7 Å². The number of aliphatic imine (C=N–C) groups is 1. The molecule has 0 aliphatic carbocycles. The molecule has 2 atom stereocenters. The smallest absolute Gasteiger partial charge is 0.276 e. The molecule has 0 radical (unpaired) electrons. The zero-order chi connectivity index (χ0) is 23.5. The van der Waals surface area contributed by atoms with Gasteiger partial charge in [0.2, 0.25) is 0 Å². The monoisotopic (exact) mass is 484 g/mol. The van der Waals surface area contributed by atoms with Crippen LogP contribution >= 0.6 is 11.6 Å². The van der Waals surface area contributed by atoms with Crippen LogP contribution in [-0.2, 0) is 15.7 Å². The van der Waals surface area contributed by atoms with Crippen LogP contribution in [0.2, 0.25) is 5.02 Å². The van der Waals surface area contributed by atoms with Crippen molar-refractivity contribution >= 4 is 39.3 Å². The Kier molecular flexibility index (Phi) is 5.34. The van der Waals surface area contributed by atoms with Crippen molar-refractivity contribution in [1.82, 2.24) is 14.7 Å². The molecule has 0 spiro atoms. The summed E-state index contributed by atoms with van der Waals surface area (Å²) in [6, 6.07) is 3.37. The molecule has 0 aromatic carbocycles. The third kappa shape index (κ3) is 3.30. The van der Waals surface area contributed by atoms with Crippen LogP contribution in [0.3, 0.4) is 0 Å². The lowest BCUT2D eigenvalue weighted by Crippen LogP contribution is -2.64. The van der Waals surface area contributed by atoms with Gasteiger partial charge in [0.1, 0.15) is 40.2 Å². The molecule has 0 unspecified atom stereocenters. The number of hydrogen-bond donors (Lipinski definition) is 4. The zero-order valence-corrected chi connectivity index (χ0v) is 19.3. The highest BCUT2D eigenvalue weighted by Crippen LogP contribution is 2.48. The Hall–Kier alpha value is -2.50. The molecule has 1 fully saturated rings. The molecule has 4 N–H and O–H groups in total. The molecule has 32 heavy (non-hydrogen) atoms. The van der Waals surface area contributed by atoms with Crippen molar-refractivity contribution in [2.75, 3.05) is 11.9 Å². The molecule has 1 saturated heterocycles. The molecule has 4 heterocycles. The third-order valence-corrected chi connectivity index (χ3v) is 10.8. The second kappa shape index (κ2) is 7.53. The number of nitrogens with zero attached hydrogens (tertiary/aromatic N) is 3. The minimum absolute atomic E-state index is 0.00853. The molecule has 172 valence electrons. The van der Waals surface area contributed by atoms with Crippen LogP contribution in [0.1, 0.15) is 43.4 Å². The lowest BCUT2D eigenvalue weighted by Gasteiger charge is -2.50. The maximum absolute atomic E-state index is 15.0. The molecule has 1 amide bonds. The summed E-state index contributed by atoms with van der Waals surface area (Å²) in [6.45, 7) is 5.65. The minimum Gasteiger partial charge on any atom is -0.386 e. The molecule has 2 aliphatic heterocycles. The van der Waals surface area contributed by atoms with Crippen LogP contribution in [-0.4, -0.2) is 42.5 Å². The van der Waals surface area contributed by atoms with Gasteiger partial charge in [-0.15, -0.1) is 0 Å². The van der Waals surface area contributed by atoms with Gasteiger partial charge in [0.15, 0.2) is 0 Å². The standard InChI is InChI=1S/C20H23ClF2N6O2S/c1-19(2)18(24)29-20(3,13-6-7-26-32(13,19)31)16-12(23)4-5-14(27-16)28-17(30)15-11(21)8-10(22)9-25-15/h4-5,8-9,13,32H,6-7H2,1-3H3,(H2,24,29)(H,26,31)(H,27,28,30)/t13-,20+/m1/s1. The van der Waals surface area contributed by atoms with Gasteiger partial charge in [-0.2, -0.15) is 0 Å². The number of anilines is 1. The molecule has 2 aromatic rings. The lowest BCUT2D eigenvalue weighted by atomic mass is 9.90. The summed E-state index contributed by atoms with van der Waals surface area (Å²) in [6.07, 6.45) is 1.36. The van der Waals surface area contributed by atoms with Gasteiger partial charge in [0, 0.05) is 6.54 Å². The number of carbonyl (C=O) groups excluding carboxylic acids is 1. The summed E-state index contributed by atoms with van der Waals surface area (Å²) < 4.78 is 44.4. The second-order valence-corrected chi connectivity index (χ2v) is 12.3. The number of nitrogens with two attached hydrogens (primary N) is 1. The van der Waals surface area contributed by atoms with E-state index in [-0.39, 0.29) is 28.1 Å². The highest BCUT2D eigenvalue weighted by molar-refractivity contribution is 8.04. The number of rotatable bonds is 3. The van der Waals surface area contributed by atoms with E-state index in [0.29, 0.717) is 13.0 Å². The fourth-order valence-corrected chi connectivity index (χ4v) is 8.21. The van der Waals surface area contributed by atoms with E-state index in [0.717, 1.165) is 18.3 Å². The number of pyridine rings is 2. The Labute approximate surface area is 189 Å². The topological polar surface area (TPSA) is 122 Å². The number of thiol groups is 1. The first kappa shape index (κ1) is 22.7. The Balaban J connectivity index is 1.75. The van der Waals surface area contributed by atoms with Crippen molar-refractivity contribution in [1.29, 1.82) is 0 Å². The number of carbonyl (C=O) groups is 1. The molecule has 8 nitrogen and oxygen atoms in total. The summed E-state index contributed by atoms with van der Waals surface area (Å²) >= 11 is 5.90. The zero-order valence-electron chi connectivity index (χ0n) is 17.6. The first-order chi connectivity index (χ1) is 14.9. The molecule has 4 rings (SSSR count). The number of nitrogens with one attached hydrogen (secondary N) is 2. The van der Waals surface area contributed by atoms with E-state index < -0.39 is 43.2 Å². The average Bonchev–Trinajstić information content (AvgIpc) is 3.13. The summed E-state index contributed by atoms with van der Waals surface area (Å²) in [5.74, 6) is -1.95. The summed E-state index contributed by atoms with van der Waals surface area (Å²) in [5.41, 5.74) is 4.60. The van der Waals surface area contributed by atoms with Gasteiger partial charge in [-0.25, -0.2) is 18.7 Å². The first-order valence-electron chi connectivity index (χ1n) is 9.90. The average molecular weight is 485 g/mol. The molecule has 2 aliphatic rings. The first-order valence-corrected chi connectivity index (χ1v) is 12.1. The quantitative estimate of drug-likeness (QED) is 0.498. The lowest BCUT2D eigenvalue weighted by molar-refractivity contribution is 0.102. The summed E-state index contributed by atoms with van der Waals surface area (Å²) in [5, 5.41) is 1.78. The van der Waals surface area contributed by atoms with Crippen LogP contribution < -0.4 is 15.8 Å². The number of amides is 1. The van der Waals surface area contributed by atoms with E-state index in [1.54, 1.807) is 20.8 Å². The van der Waals surface area contributed by atoms with E-state index in [9.17, 15) is 17.8 Å². The fraction of sp³-hybridized carbons (Fsp3) is 0.400. The van der Waals surface area contributed by atoms with E-state index in [2.05, 4.69) is 25.0 Å². The Morgan fingerprint density at radius 2 is 2.06 bits per heavy atom. The molecular formula is C20H23ClF2N6O2S. The van der Waals surface area contributed by atoms with Crippen molar-refractivity contribution in [3.05, 3.63) is 52.4 Å². The summed E-state index contributed by atoms with van der Waals surface area (Å²) in [7, 11) is -3.10. The molecule has 12 heteroatoms. The Morgan fingerprint density at radius 1 is 1.34 bits per heavy atom. The van der Waals surface area contributed by atoms with E-state index in [1.165, 1.54) is 6.07 Å².